The van der Waals surface area contributed by atoms with Gasteiger partial charge in [-0.3, -0.25) is 4.79 Å². The van der Waals surface area contributed by atoms with Gasteiger partial charge in [0.05, 0.1) is 24.9 Å². The molecule has 0 aromatic carbocycles. The molecule has 88 valence electrons. The van der Waals surface area contributed by atoms with E-state index in [2.05, 4.69) is 15.9 Å². The van der Waals surface area contributed by atoms with Crippen LogP contribution in [0.5, 0.6) is 0 Å². The average Bonchev–Trinajstić information content (AvgIpc) is 2.58. The highest BCUT2D eigenvalue weighted by Crippen LogP contribution is 2.31. The van der Waals surface area contributed by atoms with Gasteiger partial charge in [-0.05, 0) is 27.9 Å². The molecule has 1 aromatic heterocycles. The molecular weight excluding hydrogens is 274 g/mol. The Morgan fingerprint density at radius 2 is 2.25 bits per heavy atom. The Morgan fingerprint density at radius 3 is 2.69 bits per heavy atom. The van der Waals surface area contributed by atoms with E-state index in [-0.39, 0.29) is 11.8 Å². The molecule has 1 aliphatic heterocycles. The number of nitrogens with zero attached hydrogens (tertiary/aromatic N) is 1. The second-order valence-corrected chi connectivity index (χ2v) is 5.25. The number of rotatable bonds is 2. The van der Waals surface area contributed by atoms with Gasteiger partial charge in [-0.25, -0.2) is 0 Å². The Kier molecular flexibility index (Phi) is 2.84. The number of halogens is 1. The van der Waals surface area contributed by atoms with Crippen LogP contribution in [0, 0.1) is 5.92 Å². The summed E-state index contributed by atoms with van der Waals surface area (Å²) in [4.78, 5) is 13.6. The van der Waals surface area contributed by atoms with E-state index in [0.29, 0.717) is 23.3 Å². The number of carbonyl (C=O) groups excluding carboxylic acids is 1. The fourth-order valence-corrected chi connectivity index (χ4v) is 2.15. The van der Waals surface area contributed by atoms with Gasteiger partial charge in [-0.1, -0.05) is 13.8 Å². The topological polar surface area (TPSA) is 53.7 Å². The van der Waals surface area contributed by atoms with E-state index < -0.39 is 5.60 Å². The van der Waals surface area contributed by atoms with Crippen LogP contribution in [0.2, 0.25) is 0 Å². The summed E-state index contributed by atoms with van der Waals surface area (Å²) < 4.78 is 5.45. The predicted octanol–water partition coefficient (Wildman–Crippen LogP) is 1.89. The molecule has 0 bridgehead atoms. The molecular formula is C11H14BrNO3. The Bertz CT molecular complexity index is 407. The van der Waals surface area contributed by atoms with Crippen molar-refractivity contribution in [1.29, 1.82) is 0 Å². The van der Waals surface area contributed by atoms with Crippen molar-refractivity contribution in [3.05, 3.63) is 22.6 Å². The molecule has 1 N–H and O–H groups in total. The zero-order chi connectivity index (χ0) is 11.9. The third kappa shape index (κ3) is 1.78. The van der Waals surface area contributed by atoms with Gasteiger partial charge < -0.3 is 14.4 Å². The summed E-state index contributed by atoms with van der Waals surface area (Å²) in [7, 11) is 0. The van der Waals surface area contributed by atoms with Crippen molar-refractivity contribution in [2.45, 2.75) is 19.4 Å². The smallest absolute Gasteiger partial charge is 0.258 e. The summed E-state index contributed by atoms with van der Waals surface area (Å²) in [6.07, 6.45) is 1.46. The number of carbonyl (C=O) groups is 1. The number of aliphatic hydroxyl groups is 1. The quantitative estimate of drug-likeness (QED) is 0.904. The van der Waals surface area contributed by atoms with Gasteiger partial charge in [0, 0.05) is 0 Å². The minimum Gasteiger partial charge on any atom is -0.457 e. The van der Waals surface area contributed by atoms with Crippen molar-refractivity contribution < 1.29 is 14.3 Å². The largest absolute Gasteiger partial charge is 0.457 e. The highest BCUT2D eigenvalue weighted by atomic mass is 79.9. The lowest BCUT2D eigenvalue weighted by molar-refractivity contribution is -0.110. The Hall–Kier alpha value is -0.810. The van der Waals surface area contributed by atoms with E-state index in [1.807, 2.05) is 13.8 Å². The zero-order valence-corrected chi connectivity index (χ0v) is 10.8. The number of β-amino-alcohol motifs (C(OH)–C–C–N with tert-alkyl or cyclic N) is 1. The first-order valence-corrected chi connectivity index (χ1v) is 5.98. The molecule has 0 spiro atoms. The van der Waals surface area contributed by atoms with E-state index in [0.717, 1.165) is 0 Å². The van der Waals surface area contributed by atoms with Crippen LogP contribution in [0.4, 0.5) is 0 Å². The van der Waals surface area contributed by atoms with Crippen LogP contribution in [0.3, 0.4) is 0 Å². The standard InChI is InChI=1S/C11H14BrNO3/c1-7(2)11(15)5-13(6-11)10(14)8-3-4-16-9(8)12/h3-4,7,15H,5-6H2,1-2H3. The summed E-state index contributed by atoms with van der Waals surface area (Å²) in [6, 6.07) is 1.62. The third-order valence-corrected chi connectivity index (χ3v) is 3.75. The first-order valence-electron chi connectivity index (χ1n) is 5.19. The molecule has 0 unspecified atom stereocenters. The summed E-state index contributed by atoms with van der Waals surface area (Å²) in [6.45, 7) is 4.69. The van der Waals surface area contributed by atoms with E-state index in [1.165, 1.54) is 6.26 Å². The van der Waals surface area contributed by atoms with Gasteiger partial charge in [0.25, 0.3) is 5.91 Å². The van der Waals surface area contributed by atoms with Gasteiger partial charge >= 0.3 is 0 Å². The van der Waals surface area contributed by atoms with Crippen LogP contribution < -0.4 is 0 Å². The molecule has 5 heteroatoms. The second-order valence-electron chi connectivity index (χ2n) is 4.53. The van der Waals surface area contributed by atoms with E-state index in [1.54, 1.807) is 11.0 Å². The van der Waals surface area contributed by atoms with Crippen LogP contribution >= 0.6 is 15.9 Å². The average molecular weight is 288 g/mol. The molecule has 1 aromatic rings. The van der Waals surface area contributed by atoms with Crippen molar-refractivity contribution in [2.24, 2.45) is 5.92 Å². The van der Waals surface area contributed by atoms with Crippen molar-refractivity contribution in [3.63, 3.8) is 0 Å². The summed E-state index contributed by atoms with van der Waals surface area (Å²) in [5.41, 5.74) is -0.225. The second kappa shape index (κ2) is 3.89. The Labute approximate surface area is 102 Å². The Morgan fingerprint density at radius 1 is 1.62 bits per heavy atom. The highest BCUT2D eigenvalue weighted by Gasteiger charge is 2.46. The number of furan rings is 1. The number of hydrogen-bond donors (Lipinski definition) is 1. The fraction of sp³-hybridized carbons (Fsp3) is 0.545. The minimum absolute atomic E-state index is 0.106. The van der Waals surface area contributed by atoms with Crippen LogP contribution in [-0.2, 0) is 0 Å². The summed E-state index contributed by atoms with van der Waals surface area (Å²) >= 11 is 3.17. The van der Waals surface area contributed by atoms with Crippen LogP contribution in [0.25, 0.3) is 0 Å². The number of hydrogen-bond acceptors (Lipinski definition) is 3. The Balaban J connectivity index is 2.04. The van der Waals surface area contributed by atoms with Gasteiger partial charge in [0.1, 0.15) is 5.60 Å². The molecule has 2 rings (SSSR count). The van der Waals surface area contributed by atoms with Crippen molar-refractivity contribution in [1.82, 2.24) is 4.90 Å². The van der Waals surface area contributed by atoms with E-state index >= 15 is 0 Å². The van der Waals surface area contributed by atoms with Gasteiger partial charge in [0.15, 0.2) is 4.67 Å². The lowest BCUT2D eigenvalue weighted by atomic mass is 9.83. The van der Waals surface area contributed by atoms with Gasteiger partial charge in [0.2, 0.25) is 0 Å². The maximum Gasteiger partial charge on any atom is 0.258 e. The molecule has 2 heterocycles. The fourth-order valence-electron chi connectivity index (χ4n) is 1.74. The molecule has 0 radical (unpaired) electrons. The van der Waals surface area contributed by atoms with Crippen LogP contribution in [0.1, 0.15) is 24.2 Å². The normalized spacial score (nSPS) is 18.7. The maximum absolute atomic E-state index is 11.9. The molecule has 0 atom stereocenters. The molecule has 1 aliphatic rings. The summed E-state index contributed by atoms with van der Waals surface area (Å²) in [5, 5.41) is 10.0. The number of amides is 1. The van der Waals surface area contributed by atoms with E-state index in [9.17, 15) is 9.90 Å². The van der Waals surface area contributed by atoms with Crippen LogP contribution in [0.15, 0.2) is 21.4 Å². The van der Waals surface area contributed by atoms with Gasteiger partial charge in [-0.2, -0.15) is 0 Å². The number of likely N-dealkylation sites (tertiary alicyclic amines) is 1. The van der Waals surface area contributed by atoms with Gasteiger partial charge in [-0.15, -0.1) is 0 Å². The lowest BCUT2D eigenvalue weighted by Crippen LogP contribution is -2.65. The molecule has 1 amide bonds. The summed E-state index contributed by atoms with van der Waals surface area (Å²) in [5.74, 6) is 0.0512. The highest BCUT2D eigenvalue weighted by molar-refractivity contribution is 9.10. The first kappa shape index (κ1) is 11.7. The molecule has 1 fully saturated rings. The minimum atomic E-state index is -0.730. The lowest BCUT2D eigenvalue weighted by Gasteiger charge is -2.48. The van der Waals surface area contributed by atoms with Crippen molar-refractivity contribution >= 4 is 21.8 Å². The molecule has 1 saturated heterocycles. The first-order chi connectivity index (χ1) is 7.44. The maximum atomic E-state index is 11.9. The predicted molar refractivity (Wildman–Crippen MR) is 62.1 cm³/mol. The SMILES string of the molecule is CC(C)C1(O)CN(C(=O)c2ccoc2Br)C1. The van der Waals surface area contributed by atoms with Crippen LogP contribution in [-0.4, -0.2) is 34.6 Å². The van der Waals surface area contributed by atoms with Crippen molar-refractivity contribution in [3.8, 4) is 0 Å². The monoisotopic (exact) mass is 287 g/mol. The molecule has 4 nitrogen and oxygen atoms in total. The zero-order valence-electron chi connectivity index (χ0n) is 9.24. The van der Waals surface area contributed by atoms with Crippen molar-refractivity contribution in [2.75, 3.05) is 13.1 Å². The van der Waals surface area contributed by atoms with E-state index in [4.69, 9.17) is 4.42 Å². The third-order valence-electron chi connectivity index (χ3n) is 3.14. The molecule has 0 aliphatic carbocycles. The molecule has 16 heavy (non-hydrogen) atoms. The molecule has 0 saturated carbocycles.